The second kappa shape index (κ2) is 4.78. The van der Waals surface area contributed by atoms with E-state index >= 15 is 0 Å². The van der Waals surface area contributed by atoms with Gasteiger partial charge in [-0.2, -0.15) is 5.10 Å². The highest BCUT2D eigenvalue weighted by Crippen LogP contribution is 2.37. The van der Waals surface area contributed by atoms with Crippen molar-refractivity contribution in [2.24, 2.45) is 24.6 Å². The molecule has 2 fully saturated rings. The quantitative estimate of drug-likeness (QED) is 0.855. The van der Waals surface area contributed by atoms with Gasteiger partial charge in [0.25, 0.3) is 5.91 Å². The zero-order valence-corrected chi connectivity index (χ0v) is 13.0. The Labute approximate surface area is 129 Å². The maximum Gasteiger partial charge on any atom is 0.255 e. The summed E-state index contributed by atoms with van der Waals surface area (Å²) in [6.07, 6.45) is 3.91. The number of carbonyl (C=O) groups excluding carboxylic acids is 1. The van der Waals surface area contributed by atoms with Crippen molar-refractivity contribution >= 4 is 16.9 Å². The first-order chi connectivity index (χ1) is 10.5. The van der Waals surface area contributed by atoms with Crippen LogP contribution in [-0.2, 0) is 7.05 Å². The number of hydrogen-bond acceptors (Lipinski definition) is 4. The van der Waals surface area contributed by atoms with Crippen LogP contribution in [0, 0.1) is 18.8 Å². The highest BCUT2D eigenvalue weighted by atomic mass is 16.2. The van der Waals surface area contributed by atoms with E-state index in [0.29, 0.717) is 17.4 Å². The standard InChI is InChI=1S/C16H21N5O/c1-9-12-5-11(6-18-15(12)20(2)19-9)16(22)21-7-10-3-4-14(17)13(10)8-21/h5-6,10,13-14H,3-4,7-8,17H2,1-2H3. The van der Waals surface area contributed by atoms with Crippen LogP contribution in [0.15, 0.2) is 12.3 Å². The van der Waals surface area contributed by atoms with E-state index in [-0.39, 0.29) is 11.9 Å². The van der Waals surface area contributed by atoms with E-state index in [0.717, 1.165) is 42.7 Å². The lowest BCUT2D eigenvalue weighted by atomic mass is 9.98. The van der Waals surface area contributed by atoms with Gasteiger partial charge in [-0.15, -0.1) is 0 Å². The molecule has 2 N–H and O–H groups in total. The van der Waals surface area contributed by atoms with Crippen LogP contribution in [0.3, 0.4) is 0 Å². The largest absolute Gasteiger partial charge is 0.338 e. The number of pyridine rings is 1. The molecule has 6 nitrogen and oxygen atoms in total. The molecule has 3 heterocycles. The molecular weight excluding hydrogens is 278 g/mol. The van der Waals surface area contributed by atoms with Gasteiger partial charge in [-0.05, 0) is 37.7 Å². The minimum atomic E-state index is 0.0688. The topological polar surface area (TPSA) is 77.0 Å². The Bertz CT molecular complexity index is 752. The fourth-order valence-corrected chi connectivity index (χ4v) is 4.08. The van der Waals surface area contributed by atoms with Gasteiger partial charge in [-0.25, -0.2) is 4.98 Å². The molecule has 1 aliphatic heterocycles. The molecule has 116 valence electrons. The molecule has 22 heavy (non-hydrogen) atoms. The minimum Gasteiger partial charge on any atom is -0.338 e. The van der Waals surface area contributed by atoms with E-state index in [1.807, 2.05) is 24.9 Å². The highest BCUT2D eigenvalue weighted by Gasteiger charge is 2.42. The van der Waals surface area contributed by atoms with Gasteiger partial charge in [0, 0.05) is 37.8 Å². The molecule has 2 aromatic rings. The second-order valence-electron chi connectivity index (χ2n) is 6.68. The molecule has 0 radical (unpaired) electrons. The number of rotatable bonds is 1. The highest BCUT2D eigenvalue weighted by molar-refractivity contribution is 5.97. The average Bonchev–Trinajstić information content (AvgIpc) is 3.15. The minimum absolute atomic E-state index is 0.0688. The van der Waals surface area contributed by atoms with E-state index in [1.54, 1.807) is 10.9 Å². The summed E-state index contributed by atoms with van der Waals surface area (Å²) >= 11 is 0. The number of carbonyl (C=O) groups is 1. The SMILES string of the molecule is Cc1nn(C)c2ncc(C(=O)N3CC4CCC(N)C4C3)cc12. The summed E-state index contributed by atoms with van der Waals surface area (Å²) in [5.41, 5.74) is 8.52. The van der Waals surface area contributed by atoms with Gasteiger partial charge in [0.1, 0.15) is 0 Å². The summed E-state index contributed by atoms with van der Waals surface area (Å²) in [6, 6.07) is 2.17. The molecule has 2 aliphatic rings. The molecule has 1 amide bonds. The van der Waals surface area contributed by atoms with Crippen molar-refractivity contribution in [3.63, 3.8) is 0 Å². The molecular formula is C16H21N5O. The maximum atomic E-state index is 12.8. The summed E-state index contributed by atoms with van der Waals surface area (Å²) < 4.78 is 1.75. The lowest BCUT2D eigenvalue weighted by Crippen LogP contribution is -2.33. The Morgan fingerprint density at radius 3 is 2.95 bits per heavy atom. The van der Waals surface area contributed by atoms with Gasteiger partial charge < -0.3 is 10.6 Å². The van der Waals surface area contributed by atoms with Crippen molar-refractivity contribution in [1.82, 2.24) is 19.7 Å². The number of nitrogens with two attached hydrogens (primary N) is 1. The summed E-state index contributed by atoms with van der Waals surface area (Å²) in [7, 11) is 1.87. The van der Waals surface area contributed by atoms with Crippen LogP contribution in [0.4, 0.5) is 0 Å². The monoisotopic (exact) mass is 299 g/mol. The molecule has 6 heteroatoms. The van der Waals surface area contributed by atoms with E-state index < -0.39 is 0 Å². The van der Waals surface area contributed by atoms with Gasteiger partial charge in [0.05, 0.1) is 11.3 Å². The fourth-order valence-electron chi connectivity index (χ4n) is 4.08. The Morgan fingerprint density at radius 2 is 2.18 bits per heavy atom. The van der Waals surface area contributed by atoms with Gasteiger partial charge in [0.15, 0.2) is 5.65 Å². The van der Waals surface area contributed by atoms with Crippen LogP contribution >= 0.6 is 0 Å². The molecule has 1 aliphatic carbocycles. The van der Waals surface area contributed by atoms with E-state index in [1.165, 1.54) is 0 Å². The molecule has 0 bridgehead atoms. The normalized spacial score (nSPS) is 27.6. The average molecular weight is 299 g/mol. The van der Waals surface area contributed by atoms with E-state index in [4.69, 9.17) is 5.73 Å². The first kappa shape index (κ1) is 13.7. The molecule has 0 aromatic carbocycles. The van der Waals surface area contributed by atoms with Crippen molar-refractivity contribution in [2.75, 3.05) is 13.1 Å². The Kier molecular flexibility index (Phi) is 2.97. The molecule has 3 atom stereocenters. The van der Waals surface area contributed by atoms with Crippen molar-refractivity contribution in [3.8, 4) is 0 Å². The van der Waals surface area contributed by atoms with E-state index in [9.17, 15) is 4.79 Å². The third-order valence-corrected chi connectivity index (χ3v) is 5.31. The predicted octanol–water partition coefficient (Wildman–Crippen LogP) is 1.09. The summed E-state index contributed by atoms with van der Waals surface area (Å²) in [5.74, 6) is 1.12. The number of likely N-dealkylation sites (tertiary alicyclic amines) is 1. The van der Waals surface area contributed by atoms with Gasteiger partial charge in [-0.1, -0.05) is 0 Å². The summed E-state index contributed by atoms with van der Waals surface area (Å²) in [6.45, 7) is 3.56. The van der Waals surface area contributed by atoms with Crippen LogP contribution in [0.5, 0.6) is 0 Å². The van der Waals surface area contributed by atoms with Crippen LogP contribution in [0.1, 0.15) is 28.9 Å². The van der Waals surface area contributed by atoms with Gasteiger partial charge in [-0.3, -0.25) is 9.48 Å². The zero-order valence-electron chi connectivity index (χ0n) is 13.0. The Balaban J connectivity index is 1.62. The Hall–Kier alpha value is -1.95. The number of fused-ring (bicyclic) bond motifs is 2. The van der Waals surface area contributed by atoms with Crippen molar-refractivity contribution in [3.05, 3.63) is 23.5 Å². The van der Waals surface area contributed by atoms with Crippen LogP contribution in [0.2, 0.25) is 0 Å². The maximum absolute atomic E-state index is 12.8. The fraction of sp³-hybridized carbons (Fsp3) is 0.562. The molecule has 1 saturated carbocycles. The first-order valence-electron chi connectivity index (χ1n) is 7.89. The molecule has 0 spiro atoms. The van der Waals surface area contributed by atoms with Crippen molar-refractivity contribution in [2.45, 2.75) is 25.8 Å². The van der Waals surface area contributed by atoms with Gasteiger partial charge >= 0.3 is 0 Å². The first-order valence-corrected chi connectivity index (χ1v) is 7.89. The number of aryl methyl sites for hydroxylation is 2. The van der Waals surface area contributed by atoms with Crippen molar-refractivity contribution < 1.29 is 4.79 Å². The number of hydrogen-bond donors (Lipinski definition) is 1. The third-order valence-electron chi connectivity index (χ3n) is 5.31. The predicted molar refractivity (Wildman–Crippen MR) is 83.3 cm³/mol. The lowest BCUT2D eigenvalue weighted by molar-refractivity contribution is 0.0779. The summed E-state index contributed by atoms with van der Waals surface area (Å²) in [4.78, 5) is 19.1. The number of amides is 1. The number of aromatic nitrogens is 3. The van der Waals surface area contributed by atoms with E-state index in [2.05, 4.69) is 10.1 Å². The van der Waals surface area contributed by atoms with Crippen LogP contribution < -0.4 is 5.73 Å². The van der Waals surface area contributed by atoms with Crippen LogP contribution in [0.25, 0.3) is 11.0 Å². The molecule has 4 rings (SSSR count). The molecule has 1 saturated heterocycles. The number of nitrogens with zero attached hydrogens (tertiary/aromatic N) is 4. The van der Waals surface area contributed by atoms with Crippen molar-refractivity contribution in [1.29, 1.82) is 0 Å². The van der Waals surface area contributed by atoms with Crippen LogP contribution in [-0.4, -0.2) is 44.7 Å². The van der Waals surface area contributed by atoms with Gasteiger partial charge in [0.2, 0.25) is 0 Å². The third kappa shape index (κ3) is 1.94. The second-order valence-corrected chi connectivity index (χ2v) is 6.68. The zero-order chi connectivity index (χ0) is 15.4. The Morgan fingerprint density at radius 1 is 1.36 bits per heavy atom. The molecule has 3 unspecified atom stereocenters. The smallest absolute Gasteiger partial charge is 0.255 e. The lowest BCUT2D eigenvalue weighted by Gasteiger charge is -2.18. The summed E-state index contributed by atoms with van der Waals surface area (Å²) in [5, 5.41) is 5.31. The molecule has 2 aromatic heterocycles.